The van der Waals surface area contributed by atoms with Crippen molar-refractivity contribution >= 4 is 22.5 Å². The van der Waals surface area contributed by atoms with Crippen molar-refractivity contribution in [2.45, 2.75) is 31.6 Å². The predicted octanol–water partition coefficient (Wildman–Crippen LogP) is 3.86. The number of fused-ring (bicyclic) bond motifs is 1. The minimum Gasteiger partial charge on any atom is -0.494 e. The zero-order chi connectivity index (χ0) is 15.0. The molecule has 1 heterocycles. The Morgan fingerprint density at radius 3 is 2.52 bits per heavy atom. The maximum absolute atomic E-state index is 12.5. The summed E-state index contributed by atoms with van der Waals surface area (Å²) in [6.07, 6.45) is 4.67. The van der Waals surface area contributed by atoms with Crippen molar-refractivity contribution < 1.29 is 9.47 Å². The lowest BCUT2D eigenvalue weighted by Crippen LogP contribution is -2.10. The smallest absolute Gasteiger partial charge is 0.193 e. The third kappa shape index (κ3) is 2.38. The molecular weight excluding hydrogens is 290 g/mol. The highest BCUT2D eigenvalue weighted by atomic mass is 35.5. The Morgan fingerprint density at radius 1 is 1.19 bits per heavy atom. The number of ether oxygens (including phenoxy) is 2. The van der Waals surface area contributed by atoms with E-state index in [4.69, 9.17) is 21.1 Å². The fourth-order valence-corrected chi connectivity index (χ4v) is 3.45. The lowest BCUT2D eigenvalue weighted by molar-refractivity contribution is 0.409. The second kappa shape index (κ2) is 5.60. The number of nitrogens with one attached hydrogen (secondary N) is 1. The van der Waals surface area contributed by atoms with Crippen molar-refractivity contribution in [1.29, 1.82) is 0 Å². The summed E-state index contributed by atoms with van der Waals surface area (Å²) in [5.74, 6) is 1.38. The van der Waals surface area contributed by atoms with E-state index in [9.17, 15) is 4.79 Å². The molecule has 0 saturated heterocycles. The standard InChI is InChI=1S/C16H18ClNO3/c1-20-13-7-10(17)16(21-2)14-12(19)8-11(18-15(13)14)9-5-3-4-6-9/h7-9H,3-6H2,1-2H3,(H,18,19). The summed E-state index contributed by atoms with van der Waals surface area (Å²) in [6, 6.07) is 3.35. The normalized spacial score (nSPS) is 15.6. The summed E-state index contributed by atoms with van der Waals surface area (Å²) in [6.45, 7) is 0. The zero-order valence-corrected chi connectivity index (χ0v) is 12.9. The van der Waals surface area contributed by atoms with Crippen LogP contribution in [0.5, 0.6) is 11.5 Å². The first-order valence-electron chi connectivity index (χ1n) is 7.13. The number of aromatic amines is 1. The van der Waals surface area contributed by atoms with E-state index in [1.807, 2.05) is 0 Å². The molecule has 1 N–H and O–H groups in total. The van der Waals surface area contributed by atoms with Crippen LogP contribution in [0.1, 0.15) is 37.3 Å². The van der Waals surface area contributed by atoms with Crippen LogP contribution in [0.25, 0.3) is 10.9 Å². The van der Waals surface area contributed by atoms with E-state index < -0.39 is 0 Å². The monoisotopic (exact) mass is 307 g/mol. The lowest BCUT2D eigenvalue weighted by Gasteiger charge is -2.15. The van der Waals surface area contributed by atoms with Gasteiger partial charge in [-0.2, -0.15) is 0 Å². The highest BCUT2D eigenvalue weighted by Crippen LogP contribution is 2.39. The van der Waals surface area contributed by atoms with Crippen LogP contribution in [-0.2, 0) is 0 Å². The fraction of sp³-hybridized carbons (Fsp3) is 0.438. The van der Waals surface area contributed by atoms with Gasteiger partial charge in [-0.1, -0.05) is 24.4 Å². The Labute approximate surface area is 128 Å². The summed E-state index contributed by atoms with van der Waals surface area (Å²) in [5, 5.41) is 0.824. The lowest BCUT2D eigenvalue weighted by atomic mass is 10.0. The third-order valence-corrected chi connectivity index (χ3v) is 4.50. The molecule has 3 rings (SSSR count). The highest BCUT2D eigenvalue weighted by Gasteiger charge is 2.22. The molecule has 112 valence electrons. The molecular formula is C16H18ClNO3. The Hall–Kier alpha value is -1.68. The Morgan fingerprint density at radius 2 is 1.90 bits per heavy atom. The van der Waals surface area contributed by atoms with Crippen LogP contribution in [0, 0.1) is 0 Å². The number of benzene rings is 1. The van der Waals surface area contributed by atoms with Gasteiger partial charge in [-0.3, -0.25) is 4.79 Å². The average Bonchev–Trinajstić information content (AvgIpc) is 3.01. The fourth-order valence-electron chi connectivity index (χ4n) is 3.18. The van der Waals surface area contributed by atoms with Crippen LogP contribution in [-0.4, -0.2) is 19.2 Å². The van der Waals surface area contributed by atoms with Crippen LogP contribution < -0.4 is 14.9 Å². The molecule has 1 saturated carbocycles. The van der Waals surface area contributed by atoms with E-state index in [0.29, 0.717) is 33.3 Å². The van der Waals surface area contributed by atoms with Crippen LogP contribution in [0.2, 0.25) is 5.02 Å². The molecule has 0 atom stereocenters. The second-order valence-electron chi connectivity index (χ2n) is 5.41. The third-order valence-electron chi connectivity index (χ3n) is 4.22. The summed E-state index contributed by atoms with van der Waals surface area (Å²) < 4.78 is 10.7. The van der Waals surface area contributed by atoms with Gasteiger partial charge in [0, 0.05) is 17.8 Å². The highest BCUT2D eigenvalue weighted by molar-refractivity contribution is 6.33. The average molecular weight is 308 g/mol. The van der Waals surface area contributed by atoms with Gasteiger partial charge in [-0.05, 0) is 18.8 Å². The molecule has 1 fully saturated rings. The summed E-state index contributed by atoms with van der Waals surface area (Å²) in [5.41, 5.74) is 1.56. The number of methoxy groups -OCH3 is 2. The van der Waals surface area contributed by atoms with E-state index in [1.165, 1.54) is 20.0 Å². The Kier molecular flexibility index (Phi) is 3.81. The Bertz CT molecular complexity index is 732. The Balaban J connectivity index is 2.30. The number of pyridine rings is 1. The summed E-state index contributed by atoms with van der Waals surface area (Å²) >= 11 is 6.17. The molecule has 21 heavy (non-hydrogen) atoms. The van der Waals surface area contributed by atoms with Gasteiger partial charge in [0.05, 0.1) is 30.1 Å². The molecule has 2 aromatic rings. The molecule has 0 radical (unpaired) electrons. The van der Waals surface area contributed by atoms with Crippen LogP contribution in [0.15, 0.2) is 16.9 Å². The summed E-state index contributed by atoms with van der Waals surface area (Å²) in [4.78, 5) is 15.9. The van der Waals surface area contributed by atoms with Crippen LogP contribution in [0.3, 0.4) is 0 Å². The van der Waals surface area contributed by atoms with E-state index in [-0.39, 0.29) is 5.43 Å². The van der Waals surface area contributed by atoms with Gasteiger partial charge in [0.15, 0.2) is 11.2 Å². The van der Waals surface area contributed by atoms with Crippen molar-refractivity contribution in [2.24, 2.45) is 0 Å². The minimum atomic E-state index is -0.0803. The number of halogens is 1. The molecule has 1 aliphatic carbocycles. The molecule has 1 aromatic carbocycles. The first-order chi connectivity index (χ1) is 10.2. The van der Waals surface area contributed by atoms with Gasteiger partial charge < -0.3 is 14.5 Å². The molecule has 1 aromatic heterocycles. The van der Waals surface area contributed by atoms with E-state index in [0.717, 1.165) is 18.5 Å². The van der Waals surface area contributed by atoms with Gasteiger partial charge in [0.1, 0.15) is 5.75 Å². The number of hydrogen-bond donors (Lipinski definition) is 1. The second-order valence-corrected chi connectivity index (χ2v) is 5.82. The number of hydrogen-bond acceptors (Lipinski definition) is 3. The number of rotatable bonds is 3. The number of aromatic nitrogens is 1. The maximum Gasteiger partial charge on any atom is 0.193 e. The van der Waals surface area contributed by atoms with Crippen LogP contribution in [0.4, 0.5) is 0 Å². The van der Waals surface area contributed by atoms with E-state index in [1.54, 1.807) is 19.2 Å². The molecule has 0 amide bonds. The van der Waals surface area contributed by atoms with Crippen LogP contribution >= 0.6 is 11.6 Å². The molecule has 4 nitrogen and oxygen atoms in total. The van der Waals surface area contributed by atoms with Gasteiger partial charge in [0.25, 0.3) is 0 Å². The zero-order valence-electron chi connectivity index (χ0n) is 12.2. The van der Waals surface area contributed by atoms with Crippen molar-refractivity contribution in [2.75, 3.05) is 14.2 Å². The first kappa shape index (κ1) is 14.3. The minimum absolute atomic E-state index is 0.0803. The maximum atomic E-state index is 12.5. The van der Waals surface area contributed by atoms with Gasteiger partial charge in [0.2, 0.25) is 0 Å². The SMILES string of the molecule is COc1cc(Cl)c(OC)c2c(=O)cc(C3CCCC3)[nH]c12. The molecule has 0 spiro atoms. The van der Waals surface area contributed by atoms with E-state index >= 15 is 0 Å². The van der Waals surface area contributed by atoms with Gasteiger partial charge in [-0.15, -0.1) is 0 Å². The van der Waals surface area contributed by atoms with Gasteiger partial charge >= 0.3 is 0 Å². The molecule has 1 aliphatic rings. The van der Waals surface area contributed by atoms with Crippen molar-refractivity contribution in [1.82, 2.24) is 4.98 Å². The predicted molar refractivity (Wildman–Crippen MR) is 83.9 cm³/mol. The van der Waals surface area contributed by atoms with E-state index in [2.05, 4.69) is 4.98 Å². The topological polar surface area (TPSA) is 51.3 Å². The number of H-pyrrole nitrogens is 1. The van der Waals surface area contributed by atoms with Crippen molar-refractivity contribution in [3.05, 3.63) is 33.1 Å². The molecule has 0 unspecified atom stereocenters. The summed E-state index contributed by atoms with van der Waals surface area (Å²) in [7, 11) is 3.08. The van der Waals surface area contributed by atoms with Gasteiger partial charge in [-0.25, -0.2) is 0 Å². The molecule has 5 heteroatoms. The van der Waals surface area contributed by atoms with Crippen molar-refractivity contribution in [3.63, 3.8) is 0 Å². The molecule has 0 bridgehead atoms. The quantitative estimate of drug-likeness (QED) is 0.937. The first-order valence-corrected chi connectivity index (χ1v) is 7.51. The molecule has 0 aliphatic heterocycles. The largest absolute Gasteiger partial charge is 0.494 e. The van der Waals surface area contributed by atoms with Crippen molar-refractivity contribution in [3.8, 4) is 11.5 Å².